The molecule has 1 atom stereocenters. The smallest absolute Gasteiger partial charge is 0.231 e. The van der Waals surface area contributed by atoms with Crippen molar-refractivity contribution in [1.82, 2.24) is 4.98 Å². The van der Waals surface area contributed by atoms with Crippen molar-refractivity contribution >= 4 is 22.5 Å². The van der Waals surface area contributed by atoms with E-state index in [-0.39, 0.29) is 11.7 Å². The van der Waals surface area contributed by atoms with Gasteiger partial charge in [0, 0.05) is 11.8 Å². The first-order valence-corrected chi connectivity index (χ1v) is 8.77. The summed E-state index contributed by atoms with van der Waals surface area (Å²) in [6, 6.07) is 14.6. The van der Waals surface area contributed by atoms with Crippen molar-refractivity contribution in [2.24, 2.45) is 5.41 Å². The Bertz CT molecular complexity index is 1020. The Kier molecular flexibility index (Phi) is 5.23. The molecule has 0 spiro atoms. The average molecular weight is 360 g/mol. The lowest BCUT2D eigenvalue weighted by atomic mass is 9.80. The van der Waals surface area contributed by atoms with Crippen molar-refractivity contribution in [3.05, 3.63) is 71.7 Å². The van der Waals surface area contributed by atoms with Gasteiger partial charge in [-0.25, -0.2) is 4.39 Å². The quantitative estimate of drug-likeness (QED) is 0.658. The van der Waals surface area contributed by atoms with Crippen LogP contribution in [-0.2, 0) is 11.2 Å². The first-order chi connectivity index (χ1) is 12.9. The lowest BCUT2D eigenvalue weighted by Gasteiger charge is -2.27. The van der Waals surface area contributed by atoms with Crippen LogP contribution in [0.1, 0.15) is 24.5 Å². The largest absolute Gasteiger partial charge is 0.324 e. The van der Waals surface area contributed by atoms with Gasteiger partial charge in [0.05, 0.1) is 17.3 Å². The Labute approximate surface area is 158 Å². The molecule has 3 nitrogen and oxygen atoms in total. The second-order valence-corrected chi connectivity index (χ2v) is 6.99. The molecule has 0 aliphatic carbocycles. The van der Waals surface area contributed by atoms with Gasteiger partial charge in [-0.2, -0.15) is 0 Å². The first kappa shape index (κ1) is 18.6. The number of hydrogen-bond acceptors (Lipinski definition) is 2. The maximum atomic E-state index is 13.9. The summed E-state index contributed by atoms with van der Waals surface area (Å²) >= 11 is 0. The number of carbonyl (C=O) groups excluding carboxylic acids is 1. The summed E-state index contributed by atoms with van der Waals surface area (Å²) in [5, 5.41) is 3.62. The number of nitrogens with one attached hydrogen (secondary N) is 1. The number of fused-ring (bicyclic) bond motifs is 1. The molecule has 1 aromatic heterocycles. The minimum atomic E-state index is -0.764. The van der Waals surface area contributed by atoms with Crippen LogP contribution in [0.15, 0.2) is 54.7 Å². The lowest BCUT2D eigenvalue weighted by molar-refractivity contribution is -0.124. The van der Waals surface area contributed by atoms with Crippen LogP contribution in [0.25, 0.3) is 10.9 Å². The molecule has 136 valence electrons. The Hall–Kier alpha value is -3.19. The average Bonchev–Trinajstić information content (AvgIpc) is 2.65. The molecular formula is C23H21FN2O. The van der Waals surface area contributed by atoms with Crippen LogP contribution in [0.2, 0.25) is 0 Å². The predicted octanol–water partition coefficient (Wildman–Crippen LogP) is 4.89. The third kappa shape index (κ3) is 3.83. The topological polar surface area (TPSA) is 42.0 Å². The molecule has 1 heterocycles. The monoisotopic (exact) mass is 360 g/mol. The van der Waals surface area contributed by atoms with Crippen molar-refractivity contribution in [2.75, 3.05) is 5.32 Å². The zero-order valence-electron chi connectivity index (χ0n) is 15.4. The number of hydrogen-bond donors (Lipinski definition) is 1. The number of rotatable bonds is 5. The molecule has 3 aromatic rings. The number of nitrogens with zero attached hydrogens (tertiary/aromatic N) is 1. The maximum Gasteiger partial charge on any atom is 0.231 e. The molecule has 1 unspecified atom stereocenters. The summed E-state index contributed by atoms with van der Waals surface area (Å²) in [7, 11) is 0. The lowest BCUT2D eigenvalue weighted by Crippen LogP contribution is -2.35. The number of halogens is 1. The van der Waals surface area contributed by atoms with E-state index in [0.717, 1.165) is 11.1 Å². The normalized spacial score (nSPS) is 13.0. The highest BCUT2D eigenvalue weighted by molar-refractivity contribution is 5.98. The third-order valence-corrected chi connectivity index (χ3v) is 4.84. The third-order valence-electron chi connectivity index (χ3n) is 4.84. The van der Waals surface area contributed by atoms with E-state index in [0.29, 0.717) is 29.4 Å². The summed E-state index contributed by atoms with van der Waals surface area (Å²) in [6.45, 7) is 3.70. The van der Waals surface area contributed by atoms with E-state index in [1.165, 1.54) is 12.3 Å². The number of carbonyl (C=O) groups is 1. The van der Waals surface area contributed by atoms with Crippen LogP contribution in [0.4, 0.5) is 10.1 Å². The molecule has 0 saturated carbocycles. The van der Waals surface area contributed by atoms with Crippen molar-refractivity contribution in [3.63, 3.8) is 0 Å². The van der Waals surface area contributed by atoms with E-state index in [1.807, 2.05) is 44.2 Å². The van der Waals surface area contributed by atoms with Crippen LogP contribution >= 0.6 is 0 Å². The van der Waals surface area contributed by atoms with Gasteiger partial charge in [-0.1, -0.05) is 42.5 Å². The number of para-hydroxylation sites is 1. The molecule has 4 heteroatoms. The summed E-state index contributed by atoms with van der Waals surface area (Å²) in [6.07, 6.45) is 7.87. The number of pyridine rings is 1. The maximum absolute atomic E-state index is 13.9. The fourth-order valence-corrected chi connectivity index (χ4v) is 3.21. The van der Waals surface area contributed by atoms with Crippen LogP contribution in [-0.4, -0.2) is 10.9 Å². The van der Waals surface area contributed by atoms with Gasteiger partial charge in [0.25, 0.3) is 0 Å². The zero-order chi connectivity index (χ0) is 19.4. The molecule has 3 rings (SSSR count). The Balaban J connectivity index is 1.91. The Morgan fingerprint density at radius 2 is 1.96 bits per heavy atom. The van der Waals surface area contributed by atoms with Crippen LogP contribution in [0.3, 0.4) is 0 Å². The van der Waals surface area contributed by atoms with Crippen molar-refractivity contribution in [2.45, 2.75) is 26.7 Å². The zero-order valence-corrected chi connectivity index (χ0v) is 15.4. The molecule has 1 amide bonds. The molecule has 0 radical (unpaired) electrons. The van der Waals surface area contributed by atoms with E-state index in [9.17, 15) is 9.18 Å². The van der Waals surface area contributed by atoms with Crippen LogP contribution in [0, 0.1) is 30.5 Å². The van der Waals surface area contributed by atoms with E-state index >= 15 is 0 Å². The van der Waals surface area contributed by atoms with Gasteiger partial charge in [0.1, 0.15) is 11.3 Å². The minimum absolute atomic E-state index is 0.176. The van der Waals surface area contributed by atoms with Gasteiger partial charge in [-0.3, -0.25) is 9.78 Å². The van der Waals surface area contributed by atoms with Gasteiger partial charge in [-0.15, -0.1) is 12.3 Å². The van der Waals surface area contributed by atoms with E-state index in [1.54, 1.807) is 12.1 Å². The SMILES string of the molecule is C#CCC(C)(Cc1ccccc1)C(=O)Nc1cnc2c(F)cccc2c1C. The number of amides is 1. The van der Waals surface area contributed by atoms with E-state index in [4.69, 9.17) is 6.42 Å². The summed E-state index contributed by atoms with van der Waals surface area (Å²) in [5.41, 5.74) is 1.91. The summed E-state index contributed by atoms with van der Waals surface area (Å²) < 4.78 is 13.9. The highest BCUT2D eigenvalue weighted by Gasteiger charge is 2.33. The van der Waals surface area contributed by atoms with Gasteiger partial charge in [0.2, 0.25) is 5.91 Å². The summed E-state index contributed by atoms with van der Waals surface area (Å²) in [4.78, 5) is 17.3. The molecule has 0 aliphatic rings. The molecule has 0 bridgehead atoms. The Morgan fingerprint density at radius 1 is 1.22 bits per heavy atom. The predicted molar refractivity (Wildman–Crippen MR) is 107 cm³/mol. The van der Waals surface area contributed by atoms with Crippen LogP contribution < -0.4 is 5.32 Å². The first-order valence-electron chi connectivity index (χ1n) is 8.77. The van der Waals surface area contributed by atoms with E-state index < -0.39 is 5.41 Å². The number of benzene rings is 2. The minimum Gasteiger partial charge on any atom is -0.324 e. The van der Waals surface area contributed by atoms with E-state index in [2.05, 4.69) is 16.2 Å². The number of aryl methyl sites for hydroxylation is 1. The van der Waals surface area contributed by atoms with Crippen molar-refractivity contribution in [3.8, 4) is 12.3 Å². The van der Waals surface area contributed by atoms with Gasteiger partial charge < -0.3 is 5.32 Å². The number of anilines is 1. The second kappa shape index (κ2) is 7.59. The molecule has 2 aromatic carbocycles. The van der Waals surface area contributed by atoms with Gasteiger partial charge in [-0.05, 0) is 37.5 Å². The van der Waals surface area contributed by atoms with Crippen LogP contribution in [0.5, 0.6) is 0 Å². The summed E-state index contributed by atoms with van der Waals surface area (Å²) in [5.74, 6) is 2.07. The highest BCUT2D eigenvalue weighted by atomic mass is 19.1. The highest BCUT2D eigenvalue weighted by Crippen LogP contribution is 2.31. The fourth-order valence-electron chi connectivity index (χ4n) is 3.21. The van der Waals surface area contributed by atoms with Crippen molar-refractivity contribution in [1.29, 1.82) is 0 Å². The van der Waals surface area contributed by atoms with Gasteiger partial charge >= 0.3 is 0 Å². The molecule has 1 N–H and O–H groups in total. The fraction of sp³-hybridized carbons (Fsp3) is 0.217. The molecular weight excluding hydrogens is 339 g/mol. The van der Waals surface area contributed by atoms with Crippen molar-refractivity contribution < 1.29 is 9.18 Å². The number of terminal acetylenes is 1. The molecule has 0 saturated heterocycles. The molecule has 0 aliphatic heterocycles. The van der Waals surface area contributed by atoms with Gasteiger partial charge in [0.15, 0.2) is 0 Å². The Morgan fingerprint density at radius 3 is 2.67 bits per heavy atom. The second-order valence-electron chi connectivity index (χ2n) is 6.99. The molecule has 0 fully saturated rings. The molecule has 27 heavy (non-hydrogen) atoms. The number of aromatic nitrogens is 1. The standard InChI is InChI=1S/C23H21FN2O/c1-4-13-23(3,14-17-9-6-5-7-10-17)22(27)26-20-15-25-21-18(16(20)2)11-8-12-19(21)24/h1,5-12,15H,13-14H2,2-3H3,(H,26,27).